The van der Waals surface area contributed by atoms with Gasteiger partial charge in [-0.25, -0.2) is 4.98 Å². The molecule has 1 aromatic heterocycles. The summed E-state index contributed by atoms with van der Waals surface area (Å²) in [4.78, 5) is 3.29. The Hall–Kier alpha value is -0.420. The maximum Gasteiger partial charge on any atom is 0.433 e. The van der Waals surface area contributed by atoms with Crippen LogP contribution in [-0.2, 0) is 11.9 Å². The Kier molecular flexibility index (Phi) is 3.66. The van der Waals surface area contributed by atoms with E-state index in [9.17, 15) is 13.2 Å². The number of aromatic nitrogens is 1. The Labute approximate surface area is 88.7 Å². The number of thioether (sulfide) groups is 1. The molecular formula is C8H7ClF3NS. The third-order valence-electron chi connectivity index (χ3n) is 1.52. The predicted molar refractivity (Wildman–Crippen MR) is 51.5 cm³/mol. The maximum absolute atomic E-state index is 12.2. The minimum absolute atomic E-state index is 0.0748. The molecule has 0 aliphatic heterocycles. The smallest absolute Gasteiger partial charge is 0.231 e. The summed E-state index contributed by atoms with van der Waals surface area (Å²) in [5, 5.41) is -0.0748. The molecule has 0 unspecified atom stereocenters. The highest BCUT2D eigenvalue weighted by molar-refractivity contribution is 7.97. The second kappa shape index (κ2) is 4.40. The van der Waals surface area contributed by atoms with Crippen LogP contribution in [0.3, 0.4) is 0 Å². The first-order chi connectivity index (χ1) is 6.45. The Morgan fingerprint density at radius 2 is 2.07 bits per heavy atom. The first-order valence-corrected chi connectivity index (χ1v) is 5.44. The monoisotopic (exact) mass is 241 g/mol. The first-order valence-electron chi connectivity index (χ1n) is 3.66. The van der Waals surface area contributed by atoms with Crippen molar-refractivity contribution in [3.8, 4) is 0 Å². The molecule has 0 saturated heterocycles. The van der Waals surface area contributed by atoms with Crippen molar-refractivity contribution >= 4 is 23.4 Å². The van der Waals surface area contributed by atoms with Gasteiger partial charge in [0.25, 0.3) is 0 Å². The van der Waals surface area contributed by atoms with Crippen LogP contribution in [0.4, 0.5) is 13.2 Å². The van der Waals surface area contributed by atoms with Gasteiger partial charge in [-0.15, -0.1) is 0 Å². The van der Waals surface area contributed by atoms with Gasteiger partial charge < -0.3 is 0 Å². The Bertz CT molecular complexity index is 327. The molecule has 0 aliphatic carbocycles. The van der Waals surface area contributed by atoms with E-state index in [0.29, 0.717) is 11.3 Å². The second-order valence-electron chi connectivity index (χ2n) is 2.58. The number of rotatable bonds is 2. The van der Waals surface area contributed by atoms with Crippen molar-refractivity contribution in [3.63, 3.8) is 0 Å². The van der Waals surface area contributed by atoms with Crippen LogP contribution in [0, 0.1) is 0 Å². The fraction of sp³-hybridized carbons (Fsp3) is 0.375. The summed E-state index contributed by atoms with van der Waals surface area (Å²) in [6, 6.07) is 2.30. The van der Waals surface area contributed by atoms with Crippen LogP contribution in [0.1, 0.15) is 11.3 Å². The summed E-state index contributed by atoms with van der Waals surface area (Å²) in [5.74, 6) is 0.559. The number of halogens is 4. The van der Waals surface area contributed by atoms with E-state index >= 15 is 0 Å². The fourth-order valence-corrected chi connectivity index (χ4v) is 1.73. The van der Waals surface area contributed by atoms with Crippen molar-refractivity contribution in [1.29, 1.82) is 0 Å². The van der Waals surface area contributed by atoms with Crippen molar-refractivity contribution in [2.75, 3.05) is 6.26 Å². The van der Waals surface area contributed by atoms with Crippen LogP contribution in [0.25, 0.3) is 0 Å². The summed E-state index contributed by atoms with van der Waals surface area (Å²) in [5.41, 5.74) is -0.334. The van der Waals surface area contributed by atoms with E-state index in [1.165, 1.54) is 17.8 Å². The molecule has 0 radical (unpaired) electrons. The van der Waals surface area contributed by atoms with E-state index < -0.39 is 11.9 Å². The predicted octanol–water partition coefficient (Wildman–Crippen LogP) is 3.62. The van der Waals surface area contributed by atoms with E-state index in [-0.39, 0.29) is 5.15 Å². The molecule has 0 amide bonds. The molecule has 0 aliphatic rings. The van der Waals surface area contributed by atoms with Gasteiger partial charge in [0, 0.05) is 5.75 Å². The summed E-state index contributed by atoms with van der Waals surface area (Å²) < 4.78 is 36.5. The van der Waals surface area contributed by atoms with Gasteiger partial charge in [0.05, 0.1) is 0 Å². The quantitative estimate of drug-likeness (QED) is 0.734. The average molecular weight is 242 g/mol. The molecule has 78 valence electrons. The molecule has 0 fully saturated rings. The molecule has 0 saturated carbocycles. The Balaban J connectivity index is 3.01. The van der Waals surface area contributed by atoms with Crippen LogP contribution in [-0.4, -0.2) is 11.2 Å². The van der Waals surface area contributed by atoms with Crippen molar-refractivity contribution < 1.29 is 13.2 Å². The zero-order valence-electron chi connectivity index (χ0n) is 7.23. The molecule has 14 heavy (non-hydrogen) atoms. The molecule has 6 heteroatoms. The van der Waals surface area contributed by atoms with Gasteiger partial charge in [-0.05, 0) is 17.9 Å². The highest BCUT2D eigenvalue weighted by atomic mass is 35.5. The largest absolute Gasteiger partial charge is 0.433 e. The lowest BCUT2D eigenvalue weighted by Gasteiger charge is -2.07. The van der Waals surface area contributed by atoms with Gasteiger partial charge in [-0.3, -0.25) is 0 Å². The van der Waals surface area contributed by atoms with Gasteiger partial charge in [-0.2, -0.15) is 24.9 Å². The molecule has 1 rings (SSSR count). The molecule has 0 bridgehead atoms. The number of hydrogen-bond donors (Lipinski definition) is 0. The van der Waals surface area contributed by atoms with Crippen molar-refractivity contribution in [1.82, 2.24) is 4.98 Å². The third kappa shape index (κ3) is 2.78. The molecule has 0 spiro atoms. The molecular weight excluding hydrogens is 235 g/mol. The lowest BCUT2D eigenvalue weighted by molar-refractivity contribution is -0.141. The van der Waals surface area contributed by atoms with Crippen molar-refractivity contribution in [2.24, 2.45) is 0 Å². The topological polar surface area (TPSA) is 12.9 Å². The minimum Gasteiger partial charge on any atom is -0.231 e. The van der Waals surface area contributed by atoms with Crippen molar-refractivity contribution in [3.05, 3.63) is 28.5 Å². The molecule has 0 atom stereocenters. The third-order valence-corrected chi connectivity index (χ3v) is 2.44. The van der Waals surface area contributed by atoms with Crippen LogP contribution in [0.5, 0.6) is 0 Å². The minimum atomic E-state index is -4.43. The van der Waals surface area contributed by atoms with Gasteiger partial charge >= 0.3 is 6.18 Å². The van der Waals surface area contributed by atoms with Crippen LogP contribution >= 0.6 is 23.4 Å². The summed E-state index contributed by atoms with van der Waals surface area (Å²) in [6.45, 7) is 0. The zero-order chi connectivity index (χ0) is 10.8. The summed E-state index contributed by atoms with van der Waals surface area (Å²) in [7, 11) is 0. The van der Waals surface area contributed by atoms with E-state index in [0.717, 1.165) is 6.07 Å². The van der Waals surface area contributed by atoms with E-state index in [2.05, 4.69) is 4.98 Å². The van der Waals surface area contributed by atoms with E-state index in [4.69, 9.17) is 11.6 Å². The summed E-state index contributed by atoms with van der Waals surface area (Å²) >= 11 is 7.07. The van der Waals surface area contributed by atoms with Gasteiger partial charge in [0.1, 0.15) is 10.8 Å². The van der Waals surface area contributed by atoms with Crippen molar-refractivity contribution in [2.45, 2.75) is 11.9 Å². The van der Waals surface area contributed by atoms with Crippen LogP contribution in [0.15, 0.2) is 12.1 Å². The molecule has 0 N–H and O–H groups in total. The SMILES string of the molecule is CSCc1ccc(C(F)(F)F)nc1Cl. The Morgan fingerprint density at radius 3 is 2.50 bits per heavy atom. The summed E-state index contributed by atoms with van der Waals surface area (Å²) in [6.07, 6.45) is -2.59. The highest BCUT2D eigenvalue weighted by Gasteiger charge is 2.32. The average Bonchev–Trinajstić information content (AvgIpc) is 2.07. The number of pyridine rings is 1. The lowest BCUT2D eigenvalue weighted by Crippen LogP contribution is -2.08. The highest BCUT2D eigenvalue weighted by Crippen LogP contribution is 2.30. The number of hydrogen-bond acceptors (Lipinski definition) is 2. The van der Waals surface area contributed by atoms with Gasteiger partial charge in [0.15, 0.2) is 0 Å². The molecule has 0 aromatic carbocycles. The standard InChI is InChI=1S/C8H7ClF3NS/c1-14-4-5-2-3-6(8(10,11)12)13-7(5)9/h2-3H,4H2,1H3. The first kappa shape index (κ1) is 11.7. The van der Waals surface area contributed by atoms with E-state index in [1.54, 1.807) is 0 Å². The normalized spacial score (nSPS) is 11.8. The number of nitrogens with zero attached hydrogens (tertiary/aromatic N) is 1. The zero-order valence-corrected chi connectivity index (χ0v) is 8.80. The fourth-order valence-electron chi connectivity index (χ4n) is 0.884. The van der Waals surface area contributed by atoms with Gasteiger partial charge in [0.2, 0.25) is 0 Å². The Morgan fingerprint density at radius 1 is 1.43 bits per heavy atom. The van der Waals surface area contributed by atoms with E-state index in [1.807, 2.05) is 6.26 Å². The van der Waals surface area contributed by atoms with Gasteiger partial charge in [-0.1, -0.05) is 17.7 Å². The molecule has 1 nitrogen and oxygen atoms in total. The second-order valence-corrected chi connectivity index (χ2v) is 3.80. The van der Waals surface area contributed by atoms with Crippen LogP contribution in [0.2, 0.25) is 5.15 Å². The molecule has 1 aromatic rings. The number of alkyl halides is 3. The maximum atomic E-state index is 12.2. The lowest BCUT2D eigenvalue weighted by atomic mass is 10.3. The molecule has 1 heterocycles. The van der Waals surface area contributed by atoms with Crippen LogP contribution < -0.4 is 0 Å².